The minimum atomic E-state index is -3.44. The van der Waals surface area contributed by atoms with Crippen molar-refractivity contribution in [1.82, 2.24) is 9.21 Å². The van der Waals surface area contributed by atoms with Gasteiger partial charge in [-0.2, -0.15) is 0 Å². The first-order valence-corrected chi connectivity index (χ1v) is 14.8. The maximum Gasteiger partial charge on any atom is 0.311 e. The van der Waals surface area contributed by atoms with Crippen molar-refractivity contribution in [2.75, 3.05) is 13.6 Å². The monoisotopic (exact) mass is 564 g/mol. The summed E-state index contributed by atoms with van der Waals surface area (Å²) in [4.78, 5) is 28.0. The summed E-state index contributed by atoms with van der Waals surface area (Å²) in [5.74, 6) is -0.941. The molecule has 2 heterocycles. The molecule has 37 heavy (non-hydrogen) atoms. The third kappa shape index (κ3) is 4.89. The van der Waals surface area contributed by atoms with Gasteiger partial charge in [-0.05, 0) is 54.7 Å². The number of likely N-dealkylation sites (N-methyl/N-ethyl adjacent to an activating group) is 1. The molecule has 2 aromatic carbocycles. The molecule has 7 nitrogen and oxygen atoms in total. The molecule has 4 unspecified atom stereocenters. The maximum atomic E-state index is 14.2. The van der Waals surface area contributed by atoms with Crippen molar-refractivity contribution in [3.8, 4) is 0 Å². The van der Waals surface area contributed by atoms with Crippen molar-refractivity contribution in [2.24, 2.45) is 0 Å². The number of likely N-dealkylation sites (tertiary alicyclic amines) is 1. The fraction of sp³-hybridized carbons (Fsp3) is 0.481. The summed E-state index contributed by atoms with van der Waals surface area (Å²) >= 11 is 12.6. The summed E-state index contributed by atoms with van der Waals surface area (Å²) in [5, 5.41) is 0.790. The molecule has 4 atom stereocenters. The van der Waals surface area contributed by atoms with Gasteiger partial charge in [-0.25, -0.2) is 12.7 Å². The molecule has 5 rings (SSSR count). The van der Waals surface area contributed by atoms with Gasteiger partial charge in [0.25, 0.3) is 5.91 Å². The molecule has 1 amide bonds. The van der Waals surface area contributed by atoms with E-state index in [0.717, 1.165) is 11.1 Å². The molecule has 1 aliphatic carbocycles. The van der Waals surface area contributed by atoms with Crippen LogP contribution in [0, 0.1) is 0 Å². The molecule has 1 saturated carbocycles. The second-order valence-corrected chi connectivity index (χ2v) is 13.5. The van der Waals surface area contributed by atoms with Crippen LogP contribution in [0.5, 0.6) is 0 Å². The third-order valence-corrected chi connectivity index (χ3v) is 10.6. The van der Waals surface area contributed by atoms with Crippen LogP contribution in [0.25, 0.3) is 0 Å². The van der Waals surface area contributed by atoms with Crippen molar-refractivity contribution in [3.63, 3.8) is 0 Å². The zero-order valence-electron chi connectivity index (χ0n) is 20.8. The van der Waals surface area contributed by atoms with Crippen LogP contribution in [0.2, 0.25) is 10.0 Å². The second kappa shape index (κ2) is 9.88. The van der Waals surface area contributed by atoms with Crippen molar-refractivity contribution in [3.05, 3.63) is 69.7 Å². The van der Waals surface area contributed by atoms with Gasteiger partial charge in [0.2, 0.25) is 15.6 Å². The predicted octanol–water partition coefficient (Wildman–Crippen LogP) is 4.94. The minimum Gasteiger partial charge on any atom is -0.448 e. The quantitative estimate of drug-likeness (QED) is 0.424. The first-order valence-electron chi connectivity index (χ1n) is 12.6. The fourth-order valence-corrected chi connectivity index (χ4v) is 7.65. The molecule has 2 aromatic rings. The number of carbonyl (C=O) groups is 2. The first-order chi connectivity index (χ1) is 17.6. The number of amides is 1. The van der Waals surface area contributed by atoms with E-state index in [9.17, 15) is 18.0 Å². The van der Waals surface area contributed by atoms with Crippen LogP contribution in [0.15, 0.2) is 48.5 Å². The topological polar surface area (TPSA) is 84.0 Å². The number of sulfonamides is 1. The number of ether oxygens (including phenoxy) is 1. The minimum absolute atomic E-state index is 0.000612. The predicted molar refractivity (Wildman–Crippen MR) is 142 cm³/mol. The van der Waals surface area contributed by atoms with Gasteiger partial charge in [0, 0.05) is 42.0 Å². The number of benzene rings is 2. The van der Waals surface area contributed by atoms with Crippen molar-refractivity contribution in [2.45, 2.75) is 67.9 Å². The van der Waals surface area contributed by atoms with Gasteiger partial charge in [-0.15, -0.1) is 0 Å². The third-order valence-electron chi connectivity index (χ3n) is 7.79. The van der Waals surface area contributed by atoms with Crippen molar-refractivity contribution < 1.29 is 22.7 Å². The molecular weight excluding hydrogens is 535 g/mol. The molecule has 10 heteroatoms. The lowest BCUT2D eigenvalue weighted by Gasteiger charge is -2.55. The van der Waals surface area contributed by atoms with Crippen molar-refractivity contribution >= 4 is 45.1 Å². The van der Waals surface area contributed by atoms with E-state index in [1.54, 1.807) is 30.1 Å². The van der Waals surface area contributed by atoms with Gasteiger partial charge in [0.15, 0.2) is 0 Å². The summed E-state index contributed by atoms with van der Waals surface area (Å²) in [5.41, 5.74) is 0.518. The molecule has 1 spiro atoms. The number of halogens is 2. The van der Waals surface area contributed by atoms with Crippen LogP contribution in [-0.2, 0) is 24.3 Å². The van der Waals surface area contributed by atoms with Crippen LogP contribution in [0.4, 0.5) is 0 Å². The number of hydrogen-bond acceptors (Lipinski definition) is 5. The molecule has 0 aromatic heterocycles. The first kappa shape index (κ1) is 26.5. The largest absolute Gasteiger partial charge is 0.448 e. The highest BCUT2D eigenvalue weighted by molar-refractivity contribution is 7.90. The van der Waals surface area contributed by atoms with Gasteiger partial charge < -0.3 is 9.64 Å². The van der Waals surface area contributed by atoms with E-state index in [4.69, 9.17) is 27.9 Å². The Hall–Kier alpha value is -2.13. The highest BCUT2D eigenvalue weighted by atomic mass is 35.5. The van der Waals surface area contributed by atoms with Gasteiger partial charge in [-0.1, -0.05) is 54.4 Å². The Kier molecular flexibility index (Phi) is 7.07. The number of nitrogens with zero attached hydrogens (tertiary/aromatic N) is 2. The Bertz CT molecular complexity index is 1300. The second-order valence-electron chi connectivity index (χ2n) is 10.3. The smallest absolute Gasteiger partial charge is 0.311 e. The summed E-state index contributed by atoms with van der Waals surface area (Å²) in [6.45, 7) is 2.09. The van der Waals surface area contributed by atoms with Gasteiger partial charge in [0.05, 0.1) is 17.7 Å². The zero-order valence-corrected chi connectivity index (χ0v) is 23.1. The average molecular weight is 566 g/mol. The molecule has 2 aliphatic heterocycles. The van der Waals surface area contributed by atoms with Crippen LogP contribution in [0.1, 0.15) is 62.1 Å². The standard InChI is InChI=1S/C27H30Cl2N2O5S/c1-3-21(16-30(2)37(34,35)22-11-12-22)31-25(17-7-9-19(28)10-8-17)23(18-5-4-6-20(29)13-18)14-27(26(31)33)15-24(32)36-27/h4-10,13,21-23,25H,3,11-12,14-16H2,1-2H3. The molecule has 0 bridgehead atoms. The zero-order chi connectivity index (χ0) is 26.5. The molecular formula is C27H30Cl2N2O5S. The van der Waals surface area contributed by atoms with E-state index in [0.29, 0.717) is 35.7 Å². The molecule has 3 fully saturated rings. The number of esters is 1. The van der Waals surface area contributed by atoms with E-state index >= 15 is 0 Å². The van der Waals surface area contributed by atoms with E-state index in [1.165, 1.54) is 4.31 Å². The lowest BCUT2D eigenvalue weighted by Crippen LogP contribution is -2.67. The number of hydrogen-bond donors (Lipinski definition) is 0. The fourth-order valence-electron chi connectivity index (χ4n) is 5.70. The molecule has 2 saturated heterocycles. The summed E-state index contributed by atoms with van der Waals surface area (Å²) in [7, 11) is -1.86. The Morgan fingerprint density at radius 3 is 2.32 bits per heavy atom. The van der Waals surface area contributed by atoms with E-state index in [-0.39, 0.29) is 30.0 Å². The van der Waals surface area contributed by atoms with Crippen LogP contribution < -0.4 is 0 Å². The normalized spacial score (nSPS) is 26.8. The summed E-state index contributed by atoms with van der Waals surface area (Å²) in [6.07, 6.45) is 2.16. The Balaban J connectivity index is 1.61. The number of piperidine rings is 1. The summed E-state index contributed by atoms with van der Waals surface area (Å²) < 4.78 is 32.9. The summed E-state index contributed by atoms with van der Waals surface area (Å²) in [6, 6.07) is 14.0. The lowest BCUT2D eigenvalue weighted by molar-refractivity contribution is -0.212. The van der Waals surface area contributed by atoms with Gasteiger partial charge in [0.1, 0.15) is 0 Å². The molecule has 0 radical (unpaired) electrons. The maximum absolute atomic E-state index is 14.2. The lowest BCUT2D eigenvalue weighted by atomic mass is 9.70. The molecule has 3 aliphatic rings. The number of rotatable bonds is 8. The SMILES string of the molecule is CCC(CN(C)S(=O)(=O)C1CC1)N1C(=O)C2(CC(=O)O2)CC(c2cccc(Cl)c2)C1c1ccc(Cl)cc1. The molecule has 0 N–H and O–H groups in total. The highest BCUT2D eigenvalue weighted by Crippen LogP contribution is 2.52. The molecule has 198 valence electrons. The van der Waals surface area contributed by atoms with Crippen LogP contribution >= 0.6 is 23.2 Å². The highest BCUT2D eigenvalue weighted by Gasteiger charge is 2.62. The van der Waals surface area contributed by atoms with E-state index in [2.05, 4.69) is 0 Å². The average Bonchev–Trinajstić information content (AvgIpc) is 3.70. The Labute approximate surface area is 227 Å². The Morgan fingerprint density at radius 1 is 1.08 bits per heavy atom. The van der Waals surface area contributed by atoms with E-state index < -0.39 is 33.7 Å². The van der Waals surface area contributed by atoms with Crippen LogP contribution in [-0.4, -0.2) is 60.0 Å². The van der Waals surface area contributed by atoms with Gasteiger partial charge >= 0.3 is 5.97 Å². The van der Waals surface area contributed by atoms with E-state index in [1.807, 2.05) is 37.3 Å². The Morgan fingerprint density at radius 2 is 1.76 bits per heavy atom. The number of carbonyl (C=O) groups excluding carboxylic acids is 2. The van der Waals surface area contributed by atoms with Gasteiger partial charge in [-0.3, -0.25) is 9.59 Å². The van der Waals surface area contributed by atoms with Crippen molar-refractivity contribution in [1.29, 1.82) is 0 Å². The van der Waals surface area contributed by atoms with Crippen LogP contribution in [0.3, 0.4) is 0 Å².